The summed E-state index contributed by atoms with van der Waals surface area (Å²) in [6.07, 6.45) is 4.37. The van der Waals surface area contributed by atoms with E-state index in [0.717, 1.165) is 30.7 Å². The van der Waals surface area contributed by atoms with Crippen molar-refractivity contribution < 1.29 is 14.5 Å². The van der Waals surface area contributed by atoms with Crippen LogP contribution in [0.4, 0.5) is 5.69 Å². The number of halogens is 1. The SMILES string of the molecule is CC[C@H]1CCCCN1C(=O)C[NH+](C)CC(=O)Nc1ccccc1Cl. The van der Waals surface area contributed by atoms with Gasteiger partial charge in [-0.2, -0.15) is 0 Å². The van der Waals surface area contributed by atoms with Gasteiger partial charge in [0, 0.05) is 12.6 Å². The molecule has 5 nitrogen and oxygen atoms in total. The van der Waals surface area contributed by atoms with Crippen LogP contribution in [0.15, 0.2) is 24.3 Å². The molecule has 0 radical (unpaired) electrons. The average molecular weight is 353 g/mol. The van der Waals surface area contributed by atoms with Crippen LogP contribution in [-0.2, 0) is 9.59 Å². The van der Waals surface area contributed by atoms with Crippen molar-refractivity contribution in [3.8, 4) is 0 Å². The van der Waals surface area contributed by atoms with E-state index in [1.165, 1.54) is 6.42 Å². The first kappa shape index (κ1) is 18.7. The Morgan fingerprint density at radius 2 is 2.04 bits per heavy atom. The highest BCUT2D eigenvalue weighted by Crippen LogP contribution is 2.20. The Labute approximate surface area is 149 Å². The average Bonchev–Trinajstić information content (AvgIpc) is 2.56. The summed E-state index contributed by atoms with van der Waals surface area (Å²) in [6, 6.07) is 7.49. The van der Waals surface area contributed by atoms with Crippen molar-refractivity contribution in [2.75, 3.05) is 32.0 Å². The van der Waals surface area contributed by atoms with Gasteiger partial charge in [-0.25, -0.2) is 0 Å². The molecule has 1 unspecified atom stereocenters. The molecular weight excluding hydrogens is 326 g/mol. The number of likely N-dealkylation sites (tertiary alicyclic amines) is 1. The van der Waals surface area contributed by atoms with Crippen LogP contribution in [0.2, 0.25) is 5.02 Å². The van der Waals surface area contributed by atoms with Gasteiger partial charge in [-0.15, -0.1) is 0 Å². The topological polar surface area (TPSA) is 53.9 Å². The van der Waals surface area contributed by atoms with Gasteiger partial charge in [0.15, 0.2) is 13.1 Å². The second kappa shape index (κ2) is 9.04. The van der Waals surface area contributed by atoms with Gasteiger partial charge in [0.25, 0.3) is 11.8 Å². The fourth-order valence-corrected chi connectivity index (χ4v) is 3.39. The number of carbonyl (C=O) groups is 2. The monoisotopic (exact) mass is 352 g/mol. The minimum atomic E-state index is -0.140. The van der Waals surface area contributed by atoms with Gasteiger partial charge in [0.2, 0.25) is 0 Å². The molecule has 1 aromatic carbocycles. The molecule has 2 amide bonds. The van der Waals surface area contributed by atoms with Crippen LogP contribution in [0, 0.1) is 0 Å². The summed E-state index contributed by atoms with van der Waals surface area (Å²) >= 11 is 6.04. The largest absolute Gasteiger partial charge is 0.335 e. The van der Waals surface area contributed by atoms with E-state index in [9.17, 15) is 9.59 Å². The van der Waals surface area contributed by atoms with Crippen LogP contribution in [0.1, 0.15) is 32.6 Å². The van der Waals surface area contributed by atoms with Crippen molar-refractivity contribution in [2.45, 2.75) is 38.6 Å². The molecule has 2 rings (SSSR count). The Morgan fingerprint density at radius 1 is 1.29 bits per heavy atom. The number of rotatable bonds is 6. The van der Waals surface area contributed by atoms with E-state index >= 15 is 0 Å². The number of hydrogen-bond donors (Lipinski definition) is 2. The highest BCUT2D eigenvalue weighted by Gasteiger charge is 2.27. The van der Waals surface area contributed by atoms with Crippen molar-refractivity contribution >= 4 is 29.1 Å². The highest BCUT2D eigenvalue weighted by atomic mass is 35.5. The number of likely N-dealkylation sites (N-methyl/N-ethyl adjacent to an activating group) is 1. The van der Waals surface area contributed by atoms with E-state index in [4.69, 9.17) is 11.6 Å². The predicted octanol–water partition coefficient (Wildman–Crippen LogP) is 1.58. The van der Waals surface area contributed by atoms with Gasteiger partial charge in [-0.3, -0.25) is 9.59 Å². The lowest BCUT2D eigenvalue weighted by atomic mass is 10.00. The lowest BCUT2D eigenvalue weighted by molar-refractivity contribution is -0.862. The zero-order valence-electron chi connectivity index (χ0n) is 14.5. The Bertz CT molecular complexity index is 579. The number of nitrogens with one attached hydrogen (secondary N) is 2. The van der Waals surface area contributed by atoms with Crippen LogP contribution >= 0.6 is 11.6 Å². The number of carbonyl (C=O) groups excluding carboxylic acids is 2. The first-order valence-corrected chi connectivity index (χ1v) is 9.04. The van der Waals surface area contributed by atoms with Crippen molar-refractivity contribution in [1.29, 1.82) is 0 Å². The Kier molecular flexibility index (Phi) is 7.06. The van der Waals surface area contributed by atoms with Gasteiger partial charge in [0.1, 0.15) is 0 Å². The number of para-hydroxylation sites is 1. The second-order valence-corrected chi connectivity index (χ2v) is 6.89. The molecule has 1 saturated heterocycles. The summed E-state index contributed by atoms with van der Waals surface area (Å²) < 4.78 is 0. The molecule has 2 atom stereocenters. The van der Waals surface area contributed by atoms with Gasteiger partial charge in [-0.05, 0) is 37.8 Å². The molecule has 0 saturated carbocycles. The summed E-state index contributed by atoms with van der Waals surface area (Å²) in [4.78, 5) is 27.5. The van der Waals surface area contributed by atoms with Crippen LogP contribution in [-0.4, -0.2) is 49.4 Å². The van der Waals surface area contributed by atoms with Crippen molar-refractivity contribution in [1.82, 2.24) is 4.90 Å². The summed E-state index contributed by atoms with van der Waals surface area (Å²) in [5.74, 6) is 0.00341. The molecule has 0 aromatic heterocycles. The number of benzene rings is 1. The number of nitrogens with zero attached hydrogens (tertiary/aromatic N) is 1. The Hall–Kier alpha value is -1.59. The Balaban J connectivity index is 1.83. The molecule has 6 heteroatoms. The summed E-state index contributed by atoms with van der Waals surface area (Å²) in [5.41, 5.74) is 0.602. The molecule has 1 fully saturated rings. The number of piperidine rings is 1. The van der Waals surface area contributed by atoms with E-state index < -0.39 is 0 Å². The van der Waals surface area contributed by atoms with Crippen LogP contribution in [0.25, 0.3) is 0 Å². The van der Waals surface area contributed by atoms with Gasteiger partial charge >= 0.3 is 0 Å². The molecule has 24 heavy (non-hydrogen) atoms. The van der Waals surface area contributed by atoms with Crippen molar-refractivity contribution in [3.63, 3.8) is 0 Å². The molecule has 132 valence electrons. The van der Waals surface area contributed by atoms with E-state index in [1.54, 1.807) is 12.1 Å². The maximum Gasteiger partial charge on any atom is 0.279 e. The smallest absolute Gasteiger partial charge is 0.279 e. The van der Waals surface area contributed by atoms with Crippen molar-refractivity contribution in [3.05, 3.63) is 29.3 Å². The molecule has 0 bridgehead atoms. The third kappa shape index (κ3) is 5.21. The maximum absolute atomic E-state index is 12.5. The molecular formula is C18H27ClN3O2+. The summed E-state index contributed by atoms with van der Waals surface area (Å²) in [5, 5.41) is 3.31. The minimum Gasteiger partial charge on any atom is -0.335 e. The molecule has 0 aliphatic carbocycles. The molecule has 0 spiro atoms. The fraction of sp³-hybridized carbons (Fsp3) is 0.556. The molecule has 1 aromatic rings. The van der Waals surface area contributed by atoms with E-state index in [-0.39, 0.29) is 18.4 Å². The second-order valence-electron chi connectivity index (χ2n) is 6.48. The molecule has 1 aliphatic rings. The summed E-state index contributed by atoms with van der Waals surface area (Å²) in [6.45, 7) is 3.55. The van der Waals surface area contributed by atoms with Crippen LogP contribution < -0.4 is 10.2 Å². The van der Waals surface area contributed by atoms with Gasteiger partial charge in [0.05, 0.1) is 17.8 Å². The predicted molar refractivity (Wildman–Crippen MR) is 96.3 cm³/mol. The third-order valence-corrected chi connectivity index (χ3v) is 4.81. The highest BCUT2D eigenvalue weighted by molar-refractivity contribution is 6.33. The Morgan fingerprint density at radius 3 is 2.75 bits per heavy atom. The zero-order valence-corrected chi connectivity index (χ0v) is 15.2. The van der Waals surface area contributed by atoms with E-state index in [1.807, 2.05) is 24.1 Å². The first-order valence-electron chi connectivity index (χ1n) is 8.66. The van der Waals surface area contributed by atoms with Crippen LogP contribution in [0.3, 0.4) is 0 Å². The number of quaternary nitrogens is 1. The minimum absolute atomic E-state index is 0.140. The molecule has 1 aliphatic heterocycles. The normalized spacial score (nSPS) is 19.0. The fourth-order valence-electron chi connectivity index (χ4n) is 3.21. The zero-order chi connectivity index (χ0) is 17.5. The summed E-state index contributed by atoms with van der Waals surface area (Å²) in [7, 11) is 1.87. The quantitative estimate of drug-likeness (QED) is 0.816. The molecule has 2 N–H and O–H groups in total. The first-order chi connectivity index (χ1) is 11.5. The molecule has 1 heterocycles. The van der Waals surface area contributed by atoms with E-state index in [2.05, 4.69) is 12.2 Å². The van der Waals surface area contributed by atoms with Gasteiger partial charge in [-0.1, -0.05) is 30.7 Å². The maximum atomic E-state index is 12.5. The lowest BCUT2D eigenvalue weighted by Gasteiger charge is -2.35. The van der Waals surface area contributed by atoms with Crippen LogP contribution in [0.5, 0.6) is 0 Å². The standard InChI is InChI=1S/C18H26ClN3O2/c1-3-14-8-6-7-11-22(14)18(24)13-21(2)12-17(23)20-16-10-5-4-9-15(16)19/h4-5,9-10,14H,3,6-8,11-13H2,1-2H3,(H,20,23)/p+1/t14-/m0/s1. The number of hydrogen-bond acceptors (Lipinski definition) is 2. The van der Waals surface area contributed by atoms with Crippen molar-refractivity contribution in [2.24, 2.45) is 0 Å². The number of amides is 2. The van der Waals surface area contributed by atoms with Gasteiger partial charge < -0.3 is 15.1 Å². The van der Waals surface area contributed by atoms with E-state index in [0.29, 0.717) is 23.3 Å². The number of anilines is 1. The lowest BCUT2D eigenvalue weighted by Crippen LogP contribution is -3.11. The third-order valence-electron chi connectivity index (χ3n) is 4.48.